The van der Waals surface area contributed by atoms with Gasteiger partial charge in [-0.1, -0.05) is 6.07 Å². The van der Waals surface area contributed by atoms with Crippen molar-refractivity contribution in [1.29, 1.82) is 0 Å². The molecule has 3 heteroatoms. The van der Waals surface area contributed by atoms with Crippen LogP contribution in [0.15, 0.2) is 18.3 Å². The molecular formula is C12H13N3. The third kappa shape index (κ3) is 1.59. The summed E-state index contributed by atoms with van der Waals surface area (Å²) in [4.78, 5) is 7.91. The number of imidazole rings is 1. The van der Waals surface area contributed by atoms with Crippen LogP contribution >= 0.6 is 0 Å². The molecule has 2 heterocycles. The zero-order chi connectivity index (χ0) is 10.8. The lowest BCUT2D eigenvalue weighted by Gasteiger charge is -2.00. The van der Waals surface area contributed by atoms with Crippen LogP contribution in [0.25, 0.3) is 10.5 Å². The van der Waals surface area contributed by atoms with E-state index in [9.17, 15) is 0 Å². The minimum Gasteiger partial charge on any atom is -0.317 e. The molecule has 15 heavy (non-hydrogen) atoms. The maximum atomic E-state index is 6.81. The Morgan fingerprint density at radius 2 is 2.27 bits per heavy atom. The normalized spacial score (nSPS) is 10.5. The van der Waals surface area contributed by atoms with Crippen molar-refractivity contribution >= 4 is 5.65 Å². The smallest absolute Gasteiger partial charge is 0.218 e. The molecule has 0 amide bonds. The molecule has 2 rings (SSSR count). The zero-order valence-electron chi connectivity index (χ0n) is 8.99. The second-order valence-corrected chi connectivity index (χ2v) is 3.64. The quantitative estimate of drug-likeness (QED) is 0.681. The number of hydrogen-bond acceptors (Lipinski definition) is 1. The van der Waals surface area contributed by atoms with E-state index in [2.05, 4.69) is 21.2 Å². The summed E-state index contributed by atoms with van der Waals surface area (Å²) in [6.07, 6.45) is 2.80. The van der Waals surface area contributed by atoms with E-state index >= 15 is 0 Å². The van der Waals surface area contributed by atoms with Crippen LogP contribution in [0.5, 0.6) is 0 Å². The third-order valence-corrected chi connectivity index (χ3v) is 2.70. The van der Waals surface area contributed by atoms with E-state index in [4.69, 9.17) is 6.57 Å². The van der Waals surface area contributed by atoms with Gasteiger partial charge in [0.1, 0.15) is 5.65 Å². The molecule has 3 nitrogen and oxygen atoms in total. The largest absolute Gasteiger partial charge is 0.317 e. The molecule has 0 fully saturated rings. The van der Waals surface area contributed by atoms with Gasteiger partial charge >= 0.3 is 0 Å². The molecule has 0 spiro atoms. The second-order valence-electron chi connectivity index (χ2n) is 3.64. The molecule has 0 aliphatic carbocycles. The number of hydrogen-bond donors (Lipinski definition) is 0. The van der Waals surface area contributed by atoms with Gasteiger partial charge in [0, 0.05) is 23.9 Å². The highest BCUT2D eigenvalue weighted by Crippen LogP contribution is 2.15. The maximum Gasteiger partial charge on any atom is 0.218 e. The predicted molar refractivity (Wildman–Crippen MR) is 59.8 cm³/mol. The topological polar surface area (TPSA) is 21.7 Å². The number of aryl methyl sites for hydroxylation is 2. The summed E-state index contributed by atoms with van der Waals surface area (Å²) in [7, 11) is 0. The van der Waals surface area contributed by atoms with Gasteiger partial charge in [-0.2, -0.15) is 0 Å². The first-order chi connectivity index (χ1) is 7.24. The fourth-order valence-corrected chi connectivity index (χ4v) is 1.73. The first kappa shape index (κ1) is 9.72. The summed E-state index contributed by atoms with van der Waals surface area (Å²) in [6.45, 7) is 11.4. The lowest BCUT2D eigenvalue weighted by Crippen LogP contribution is -1.94. The lowest BCUT2D eigenvalue weighted by molar-refractivity contribution is 1.03. The van der Waals surface area contributed by atoms with Crippen molar-refractivity contribution in [2.75, 3.05) is 6.54 Å². The van der Waals surface area contributed by atoms with Gasteiger partial charge in [0.15, 0.2) is 0 Å². The Labute approximate surface area is 89.2 Å². The summed E-state index contributed by atoms with van der Waals surface area (Å²) in [6, 6.07) is 4.06. The highest BCUT2D eigenvalue weighted by molar-refractivity contribution is 5.51. The van der Waals surface area contributed by atoms with Crippen LogP contribution in [0.1, 0.15) is 17.0 Å². The number of rotatable bonds is 2. The van der Waals surface area contributed by atoms with E-state index < -0.39 is 0 Å². The van der Waals surface area contributed by atoms with Crippen molar-refractivity contribution in [2.45, 2.75) is 20.3 Å². The van der Waals surface area contributed by atoms with E-state index in [1.165, 1.54) is 5.69 Å². The summed E-state index contributed by atoms with van der Waals surface area (Å²) in [5.41, 5.74) is 4.39. The van der Waals surface area contributed by atoms with Crippen LogP contribution in [-0.2, 0) is 6.42 Å². The maximum absolute atomic E-state index is 6.81. The van der Waals surface area contributed by atoms with Gasteiger partial charge in [-0.3, -0.25) is 0 Å². The molecule has 0 aromatic carbocycles. The molecule has 2 aromatic rings. The monoisotopic (exact) mass is 199 g/mol. The summed E-state index contributed by atoms with van der Waals surface area (Å²) in [5.74, 6) is 0. The van der Waals surface area contributed by atoms with E-state index in [0.29, 0.717) is 6.54 Å². The number of pyridine rings is 1. The highest BCUT2D eigenvalue weighted by atomic mass is 15.0. The van der Waals surface area contributed by atoms with Crippen LogP contribution in [-0.4, -0.2) is 15.9 Å². The molecule has 0 saturated carbocycles. The first-order valence-electron chi connectivity index (χ1n) is 5.00. The molecule has 0 N–H and O–H groups in total. The Bertz CT molecular complexity index is 532. The number of fused-ring (bicyclic) bond motifs is 1. The molecule has 0 radical (unpaired) electrons. The van der Waals surface area contributed by atoms with Gasteiger partial charge in [0.2, 0.25) is 6.54 Å². The minimum atomic E-state index is 0.532. The molecule has 0 bridgehead atoms. The summed E-state index contributed by atoms with van der Waals surface area (Å²) < 4.78 is 2.09. The van der Waals surface area contributed by atoms with Crippen LogP contribution in [0, 0.1) is 20.4 Å². The molecule has 0 aliphatic heterocycles. The number of nitrogens with zero attached hydrogens (tertiary/aromatic N) is 3. The Kier molecular flexibility index (Phi) is 2.42. The fraction of sp³-hybridized carbons (Fsp3) is 0.333. The molecule has 76 valence electrons. The predicted octanol–water partition coefficient (Wildman–Crippen LogP) is 2.41. The molecule has 0 atom stereocenters. The molecule has 0 unspecified atom stereocenters. The summed E-state index contributed by atoms with van der Waals surface area (Å²) in [5, 5.41) is 0. The van der Waals surface area contributed by atoms with E-state index in [-0.39, 0.29) is 0 Å². The van der Waals surface area contributed by atoms with Crippen molar-refractivity contribution in [1.82, 2.24) is 9.38 Å². The van der Waals surface area contributed by atoms with Crippen LogP contribution in [0.2, 0.25) is 0 Å². The average Bonchev–Trinajstić information content (AvgIpc) is 2.53. The average molecular weight is 199 g/mol. The van der Waals surface area contributed by atoms with E-state index in [1.54, 1.807) is 0 Å². The first-order valence-corrected chi connectivity index (χ1v) is 5.00. The fourth-order valence-electron chi connectivity index (χ4n) is 1.73. The number of aromatic nitrogens is 2. The van der Waals surface area contributed by atoms with Crippen molar-refractivity contribution in [3.8, 4) is 0 Å². The van der Waals surface area contributed by atoms with Gasteiger partial charge < -0.3 is 9.25 Å². The van der Waals surface area contributed by atoms with Crippen molar-refractivity contribution in [2.24, 2.45) is 0 Å². The van der Waals surface area contributed by atoms with E-state index in [1.807, 2.05) is 25.3 Å². The molecule has 2 aromatic heterocycles. The van der Waals surface area contributed by atoms with Crippen molar-refractivity contribution in [3.05, 3.63) is 46.7 Å². The molecular weight excluding hydrogens is 186 g/mol. The molecule has 0 aliphatic rings. The second kappa shape index (κ2) is 3.74. The zero-order valence-corrected chi connectivity index (χ0v) is 8.99. The van der Waals surface area contributed by atoms with Gasteiger partial charge in [-0.25, -0.2) is 11.6 Å². The Hall–Kier alpha value is -1.82. The van der Waals surface area contributed by atoms with Gasteiger partial charge in [0.05, 0.1) is 5.69 Å². The van der Waals surface area contributed by atoms with Gasteiger partial charge in [-0.05, 0) is 19.9 Å². The van der Waals surface area contributed by atoms with Crippen LogP contribution in [0.4, 0.5) is 0 Å². The highest BCUT2D eigenvalue weighted by Gasteiger charge is 2.08. The Morgan fingerprint density at radius 3 is 3.00 bits per heavy atom. The molecule has 0 saturated heterocycles. The Morgan fingerprint density at radius 1 is 1.47 bits per heavy atom. The Balaban J connectivity index is 2.57. The van der Waals surface area contributed by atoms with Crippen molar-refractivity contribution in [3.63, 3.8) is 0 Å². The summed E-state index contributed by atoms with van der Waals surface area (Å²) >= 11 is 0. The van der Waals surface area contributed by atoms with Gasteiger partial charge in [-0.15, -0.1) is 0 Å². The minimum absolute atomic E-state index is 0.532. The van der Waals surface area contributed by atoms with Crippen molar-refractivity contribution < 1.29 is 0 Å². The SMILES string of the molecule is [C-]#[N+]CCc1cccn2c(C)c(C)nc12. The van der Waals surface area contributed by atoms with Crippen LogP contribution in [0.3, 0.4) is 0 Å². The van der Waals surface area contributed by atoms with Gasteiger partial charge in [0.25, 0.3) is 0 Å². The third-order valence-electron chi connectivity index (χ3n) is 2.70. The lowest BCUT2D eigenvalue weighted by atomic mass is 10.2. The van der Waals surface area contributed by atoms with E-state index in [0.717, 1.165) is 23.3 Å². The van der Waals surface area contributed by atoms with Crippen LogP contribution < -0.4 is 0 Å². The standard InChI is InChI=1S/C12H13N3/c1-9-10(2)15-8-4-5-11(6-7-13-3)12(15)14-9/h4-5,8H,6-7H2,1-2H3.